The molecule has 0 aliphatic carbocycles. The van der Waals surface area contributed by atoms with Crippen molar-refractivity contribution in [3.05, 3.63) is 64.2 Å². The normalized spacial score (nSPS) is 16.3. The topological polar surface area (TPSA) is 75.9 Å². The summed E-state index contributed by atoms with van der Waals surface area (Å²) in [6.45, 7) is 3.88. The number of hydrogen-bond acceptors (Lipinski definition) is 5. The Balaban J connectivity index is 1.71. The van der Waals surface area contributed by atoms with E-state index in [1.165, 1.54) is 11.6 Å². The van der Waals surface area contributed by atoms with Crippen molar-refractivity contribution in [1.29, 1.82) is 0 Å². The van der Waals surface area contributed by atoms with E-state index in [2.05, 4.69) is 32.7 Å². The molecule has 1 aliphatic heterocycles. The molecule has 4 rings (SSSR count). The number of piperidine rings is 1. The molecule has 5 nitrogen and oxygen atoms in total. The molecule has 1 fully saturated rings. The van der Waals surface area contributed by atoms with Crippen LogP contribution in [0, 0.1) is 12.7 Å². The molecule has 4 N–H and O–H groups in total. The summed E-state index contributed by atoms with van der Waals surface area (Å²) in [7, 11) is 0. The number of halogens is 2. The molecule has 1 aromatic heterocycles. The molecule has 3 aromatic rings. The highest BCUT2D eigenvalue weighted by molar-refractivity contribution is 6.30. The molecule has 2 heterocycles. The van der Waals surface area contributed by atoms with Crippen LogP contribution in [0.25, 0.3) is 10.9 Å². The first-order valence-electron chi connectivity index (χ1n) is 9.48. The SMILES string of the molecule is Cc1nc(NC(N)c2cccc(Cl)c2F)c2cc(C3CCNCC3)ccc2n1. The average Bonchev–Trinajstić information content (AvgIpc) is 2.70. The van der Waals surface area contributed by atoms with Gasteiger partial charge in [0.2, 0.25) is 0 Å². The monoisotopic (exact) mass is 399 g/mol. The molecule has 0 spiro atoms. The molecular formula is C21H23ClFN5. The molecule has 146 valence electrons. The smallest absolute Gasteiger partial charge is 0.148 e. The summed E-state index contributed by atoms with van der Waals surface area (Å²) in [6.07, 6.45) is 1.43. The van der Waals surface area contributed by atoms with Crippen LogP contribution in [0.5, 0.6) is 0 Å². The lowest BCUT2D eigenvalue weighted by molar-refractivity contribution is 0.460. The van der Waals surface area contributed by atoms with Gasteiger partial charge in [-0.25, -0.2) is 14.4 Å². The van der Waals surface area contributed by atoms with Gasteiger partial charge in [-0.15, -0.1) is 0 Å². The molecule has 7 heteroatoms. The minimum atomic E-state index is -0.779. The van der Waals surface area contributed by atoms with Crippen LogP contribution in [0.15, 0.2) is 36.4 Å². The third kappa shape index (κ3) is 3.81. The lowest BCUT2D eigenvalue weighted by atomic mass is 9.89. The predicted octanol–water partition coefficient (Wildman–Crippen LogP) is 4.27. The fourth-order valence-electron chi connectivity index (χ4n) is 3.77. The summed E-state index contributed by atoms with van der Waals surface area (Å²) >= 11 is 5.90. The fourth-order valence-corrected chi connectivity index (χ4v) is 3.95. The van der Waals surface area contributed by atoms with Crippen molar-refractivity contribution < 1.29 is 4.39 Å². The summed E-state index contributed by atoms with van der Waals surface area (Å²) in [4.78, 5) is 9.07. The standard InChI is InChI=1S/C21H23ClFN5/c1-12-26-18-6-5-14(13-7-9-25-10-8-13)11-16(18)21(27-12)28-20(24)15-3-2-4-17(22)19(15)23/h2-6,11,13,20,25H,7-10,24H2,1H3,(H,26,27,28). The third-order valence-corrected chi connectivity index (χ3v) is 5.54. The Morgan fingerprint density at radius 2 is 2.00 bits per heavy atom. The lowest BCUT2D eigenvalue weighted by Gasteiger charge is -2.23. The van der Waals surface area contributed by atoms with Crippen molar-refractivity contribution in [2.24, 2.45) is 5.73 Å². The molecule has 1 unspecified atom stereocenters. The van der Waals surface area contributed by atoms with E-state index in [0.717, 1.165) is 36.8 Å². The van der Waals surface area contributed by atoms with Crippen molar-refractivity contribution in [2.75, 3.05) is 18.4 Å². The first-order valence-corrected chi connectivity index (χ1v) is 9.86. The number of hydrogen-bond donors (Lipinski definition) is 3. The Kier molecular flexibility index (Phi) is 5.44. The van der Waals surface area contributed by atoms with E-state index in [-0.39, 0.29) is 5.02 Å². The number of aromatic nitrogens is 2. The second-order valence-electron chi connectivity index (χ2n) is 7.19. The predicted molar refractivity (Wildman–Crippen MR) is 111 cm³/mol. The highest BCUT2D eigenvalue weighted by atomic mass is 35.5. The number of anilines is 1. The zero-order valence-electron chi connectivity index (χ0n) is 15.7. The van der Waals surface area contributed by atoms with Crippen molar-refractivity contribution in [3.63, 3.8) is 0 Å². The van der Waals surface area contributed by atoms with E-state index < -0.39 is 12.0 Å². The lowest BCUT2D eigenvalue weighted by Crippen LogP contribution is -2.26. The van der Waals surface area contributed by atoms with E-state index in [4.69, 9.17) is 17.3 Å². The van der Waals surface area contributed by atoms with Crippen LogP contribution in [0.3, 0.4) is 0 Å². The minimum absolute atomic E-state index is 0.0478. The largest absolute Gasteiger partial charge is 0.350 e. The molecule has 0 saturated carbocycles. The van der Waals surface area contributed by atoms with Gasteiger partial charge >= 0.3 is 0 Å². The summed E-state index contributed by atoms with van der Waals surface area (Å²) in [6, 6.07) is 11.1. The van der Waals surface area contributed by atoms with Gasteiger partial charge in [0.25, 0.3) is 0 Å². The van der Waals surface area contributed by atoms with E-state index in [1.54, 1.807) is 12.1 Å². The highest BCUT2D eigenvalue weighted by Crippen LogP contribution is 2.31. The van der Waals surface area contributed by atoms with Gasteiger partial charge in [-0.05, 0) is 62.5 Å². The first-order chi connectivity index (χ1) is 13.5. The Morgan fingerprint density at radius 3 is 2.79 bits per heavy atom. The zero-order valence-corrected chi connectivity index (χ0v) is 16.4. The van der Waals surface area contributed by atoms with Crippen LogP contribution in [-0.4, -0.2) is 23.1 Å². The number of aryl methyl sites for hydroxylation is 1. The molecule has 2 aromatic carbocycles. The van der Waals surface area contributed by atoms with Crippen LogP contribution in [-0.2, 0) is 0 Å². The Hall–Kier alpha value is -2.28. The van der Waals surface area contributed by atoms with Crippen LogP contribution < -0.4 is 16.4 Å². The molecule has 1 atom stereocenters. The van der Waals surface area contributed by atoms with Gasteiger partial charge in [0.1, 0.15) is 23.6 Å². The number of fused-ring (bicyclic) bond motifs is 1. The minimum Gasteiger partial charge on any atom is -0.350 e. The molecule has 0 bridgehead atoms. The second kappa shape index (κ2) is 7.99. The van der Waals surface area contributed by atoms with Crippen LogP contribution in [0.1, 0.15) is 41.9 Å². The van der Waals surface area contributed by atoms with E-state index in [1.807, 2.05) is 13.0 Å². The van der Waals surface area contributed by atoms with E-state index in [0.29, 0.717) is 23.1 Å². The van der Waals surface area contributed by atoms with Crippen LogP contribution in [0.4, 0.5) is 10.2 Å². The van der Waals surface area contributed by atoms with Crippen molar-refractivity contribution in [1.82, 2.24) is 15.3 Å². The number of nitrogens with two attached hydrogens (primary N) is 1. The van der Waals surface area contributed by atoms with Crippen molar-refractivity contribution in [3.8, 4) is 0 Å². The third-order valence-electron chi connectivity index (χ3n) is 5.25. The quantitative estimate of drug-likeness (QED) is 0.571. The summed E-state index contributed by atoms with van der Waals surface area (Å²) in [5.74, 6) is 1.22. The number of benzene rings is 2. The van der Waals surface area contributed by atoms with Gasteiger partial charge in [-0.1, -0.05) is 29.8 Å². The Morgan fingerprint density at radius 1 is 1.21 bits per heavy atom. The number of rotatable bonds is 4. The van der Waals surface area contributed by atoms with E-state index >= 15 is 0 Å². The average molecular weight is 400 g/mol. The van der Waals surface area contributed by atoms with E-state index in [9.17, 15) is 4.39 Å². The van der Waals surface area contributed by atoms with Gasteiger partial charge in [0.15, 0.2) is 0 Å². The van der Waals surface area contributed by atoms with Gasteiger partial charge in [0.05, 0.1) is 10.5 Å². The van der Waals surface area contributed by atoms with Crippen LogP contribution in [0.2, 0.25) is 5.02 Å². The Labute approximate surface area is 168 Å². The van der Waals surface area contributed by atoms with Gasteiger partial charge < -0.3 is 16.4 Å². The number of nitrogens with one attached hydrogen (secondary N) is 2. The Bertz CT molecular complexity index is 1000. The molecule has 1 aliphatic rings. The van der Waals surface area contributed by atoms with Crippen molar-refractivity contribution in [2.45, 2.75) is 31.8 Å². The van der Waals surface area contributed by atoms with Gasteiger partial charge in [0, 0.05) is 10.9 Å². The van der Waals surface area contributed by atoms with Crippen LogP contribution >= 0.6 is 11.6 Å². The maximum absolute atomic E-state index is 14.4. The molecule has 28 heavy (non-hydrogen) atoms. The molecular weight excluding hydrogens is 377 g/mol. The maximum Gasteiger partial charge on any atom is 0.148 e. The zero-order chi connectivity index (χ0) is 19.7. The molecule has 1 saturated heterocycles. The molecule has 0 amide bonds. The highest BCUT2D eigenvalue weighted by Gasteiger charge is 2.19. The summed E-state index contributed by atoms with van der Waals surface area (Å²) in [5.41, 5.74) is 8.65. The molecule has 0 radical (unpaired) electrons. The van der Waals surface area contributed by atoms with Gasteiger partial charge in [-0.3, -0.25) is 0 Å². The first kappa shape index (κ1) is 19.1. The summed E-state index contributed by atoms with van der Waals surface area (Å²) in [5, 5.41) is 7.49. The second-order valence-corrected chi connectivity index (χ2v) is 7.59. The van der Waals surface area contributed by atoms with Gasteiger partial charge in [-0.2, -0.15) is 0 Å². The van der Waals surface area contributed by atoms with Crippen molar-refractivity contribution >= 4 is 28.3 Å². The maximum atomic E-state index is 14.4. The fraction of sp³-hybridized carbons (Fsp3) is 0.333. The number of nitrogens with zero attached hydrogens (tertiary/aromatic N) is 2. The summed E-state index contributed by atoms with van der Waals surface area (Å²) < 4.78 is 14.4.